The Morgan fingerprint density at radius 1 is 1.48 bits per heavy atom. The van der Waals surface area contributed by atoms with Gasteiger partial charge < -0.3 is 10.5 Å². The number of nitrogens with zero attached hydrogens (tertiary/aromatic N) is 3. The van der Waals surface area contributed by atoms with Crippen molar-refractivity contribution in [3.8, 4) is 0 Å². The number of nitrogens with two attached hydrogens (primary N) is 1. The summed E-state index contributed by atoms with van der Waals surface area (Å²) in [5, 5.41) is 1.88. The molecule has 0 radical (unpaired) electrons. The molecule has 0 atom stereocenters. The summed E-state index contributed by atoms with van der Waals surface area (Å²) in [4.78, 5) is 4.71. The monoisotopic (exact) mass is 330 g/mol. The van der Waals surface area contributed by atoms with Crippen LogP contribution in [0.4, 0.5) is 5.82 Å². The molecule has 3 heterocycles. The molecule has 3 rings (SSSR count). The van der Waals surface area contributed by atoms with E-state index in [9.17, 15) is 8.42 Å². The molecule has 0 spiro atoms. The van der Waals surface area contributed by atoms with Gasteiger partial charge in [-0.2, -0.15) is 4.31 Å². The molecule has 7 nitrogen and oxygen atoms in total. The first kappa shape index (κ1) is 14.8. The average molecular weight is 330 g/mol. The first-order valence-corrected chi connectivity index (χ1v) is 9.06. The number of imidazole rings is 1. The van der Waals surface area contributed by atoms with E-state index < -0.39 is 10.0 Å². The fourth-order valence-corrected chi connectivity index (χ4v) is 5.13. The van der Waals surface area contributed by atoms with Crippen LogP contribution in [0, 0.1) is 5.92 Å². The van der Waals surface area contributed by atoms with Gasteiger partial charge in [0.2, 0.25) is 0 Å². The van der Waals surface area contributed by atoms with Gasteiger partial charge in [-0.3, -0.25) is 4.40 Å². The van der Waals surface area contributed by atoms with Crippen molar-refractivity contribution in [1.29, 1.82) is 0 Å². The molecule has 1 aliphatic rings. The van der Waals surface area contributed by atoms with Crippen LogP contribution in [0.25, 0.3) is 4.96 Å². The van der Waals surface area contributed by atoms with E-state index in [1.165, 1.54) is 15.6 Å². The first-order valence-electron chi connectivity index (χ1n) is 6.74. The van der Waals surface area contributed by atoms with Crippen LogP contribution in [0.15, 0.2) is 16.6 Å². The highest BCUT2D eigenvalue weighted by Gasteiger charge is 2.33. The van der Waals surface area contributed by atoms with E-state index in [1.807, 2.05) is 0 Å². The van der Waals surface area contributed by atoms with Gasteiger partial charge in [0.25, 0.3) is 10.0 Å². The summed E-state index contributed by atoms with van der Waals surface area (Å²) in [5.74, 6) is 0.492. The number of ether oxygens (including phenoxy) is 1. The predicted molar refractivity (Wildman–Crippen MR) is 80.8 cm³/mol. The summed E-state index contributed by atoms with van der Waals surface area (Å²) >= 11 is 1.36. The summed E-state index contributed by atoms with van der Waals surface area (Å²) in [6, 6.07) is 0. The second-order valence-corrected chi connectivity index (χ2v) is 7.89. The summed E-state index contributed by atoms with van der Waals surface area (Å²) in [7, 11) is -1.94. The average Bonchev–Trinajstić information content (AvgIpc) is 2.99. The Kier molecular flexibility index (Phi) is 3.91. The smallest absolute Gasteiger partial charge is 0.262 e. The van der Waals surface area contributed by atoms with Crippen molar-refractivity contribution in [2.24, 2.45) is 5.92 Å². The lowest BCUT2D eigenvalue weighted by molar-refractivity contribution is 0.121. The molecular weight excluding hydrogens is 312 g/mol. The molecule has 0 aliphatic carbocycles. The number of rotatable bonds is 4. The highest BCUT2D eigenvalue weighted by atomic mass is 32.2. The van der Waals surface area contributed by atoms with Crippen molar-refractivity contribution < 1.29 is 13.2 Å². The number of piperidine rings is 1. The van der Waals surface area contributed by atoms with Crippen molar-refractivity contribution in [3.05, 3.63) is 11.6 Å². The Bertz CT molecular complexity index is 729. The minimum Gasteiger partial charge on any atom is -0.384 e. The van der Waals surface area contributed by atoms with Crippen LogP contribution in [0.2, 0.25) is 0 Å². The number of anilines is 1. The Hall–Kier alpha value is -1.16. The van der Waals surface area contributed by atoms with Gasteiger partial charge in [-0.05, 0) is 18.8 Å². The van der Waals surface area contributed by atoms with Crippen molar-refractivity contribution in [2.75, 3.05) is 32.5 Å². The van der Waals surface area contributed by atoms with Gasteiger partial charge in [0.15, 0.2) is 15.8 Å². The molecule has 2 N–H and O–H groups in total. The van der Waals surface area contributed by atoms with E-state index in [4.69, 9.17) is 10.5 Å². The highest BCUT2D eigenvalue weighted by molar-refractivity contribution is 7.89. The fourth-order valence-electron chi connectivity index (χ4n) is 2.71. The molecule has 1 fully saturated rings. The SMILES string of the molecule is COCC1CCN(S(=O)(=O)c2c(N)nc3sccn23)CC1. The van der Waals surface area contributed by atoms with Gasteiger partial charge in [-0.15, -0.1) is 11.3 Å². The second kappa shape index (κ2) is 5.56. The molecule has 0 bridgehead atoms. The van der Waals surface area contributed by atoms with Crippen LogP contribution in [0.1, 0.15) is 12.8 Å². The normalized spacial score (nSPS) is 18.5. The molecule has 9 heteroatoms. The molecule has 0 unspecified atom stereocenters. The third kappa shape index (κ3) is 2.54. The number of aromatic nitrogens is 2. The molecule has 1 aliphatic heterocycles. The number of hydrogen-bond acceptors (Lipinski definition) is 6. The molecule has 0 saturated carbocycles. The van der Waals surface area contributed by atoms with Crippen molar-refractivity contribution >= 4 is 32.1 Å². The fraction of sp³-hybridized carbons (Fsp3) is 0.583. The van der Waals surface area contributed by atoms with E-state index in [2.05, 4.69) is 4.98 Å². The highest BCUT2D eigenvalue weighted by Crippen LogP contribution is 2.29. The number of thiazole rings is 1. The maximum absolute atomic E-state index is 12.8. The molecule has 2 aromatic rings. The van der Waals surface area contributed by atoms with Crippen LogP contribution in [-0.2, 0) is 14.8 Å². The lowest BCUT2D eigenvalue weighted by atomic mass is 9.99. The zero-order chi connectivity index (χ0) is 15.0. The Morgan fingerprint density at radius 2 is 2.19 bits per heavy atom. The van der Waals surface area contributed by atoms with E-state index in [0.29, 0.717) is 30.6 Å². The Labute approximate surface area is 127 Å². The van der Waals surface area contributed by atoms with E-state index in [0.717, 1.165) is 12.8 Å². The third-order valence-corrected chi connectivity index (χ3v) is 6.50. The number of nitrogen functional groups attached to an aromatic ring is 1. The third-order valence-electron chi connectivity index (χ3n) is 3.80. The van der Waals surface area contributed by atoms with Crippen LogP contribution in [-0.4, -0.2) is 48.9 Å². The van der Waals surface area contributed by atoms with Gasteiger partial charge in [0, 0.05) is 38.4 Å². The van der Waals surface area contributed by atoms with Gasteiger partial charge in [0.05, 0.1) is 0 Å². The standard InChI is InChI=1S/C12H18N4O3S2/c1-19-8-9-2-4-15(5-3-9)21(17,18)11-10(13)14-12-16(11)6-7-20-12/h6-7,9H,2-5,8,13H2,1H3. The van der Waals surface area contributed by atoms with Crippen LogP contribution < -0.4 is 5.73 Å². The van der Waals surface area contributed by atoms with E-state index >= 15 is 0 Å². The number of fused-ring (bicyclic) bond motifs is 1. The maximum atomic E-state index is 12.8. The van der Waals surface area contributed by atoms with Gasteiger partial charge in [0.1, 0.15) is 0 Å². The van der Waals surface area contributed by atoms with Crippen LogP contribution in [0.5, 0.6) is 0 Å². The minimum atomic E-state index is -3.61. The van der Waals surface area contributed by atoms with E-state index in [-0.39, 0.29) is 10.8 Å². The van der Waals surface area contributed by atoms with E-state index in [1.54, 1.807) is 23.1 Å². The summed E-state index contributed by atoms with van der Waals surface area (Å²) in [6.45, 7) is 1.66. The van der Waals surface area contributed by atoms with Crippen molar-refractivity contribution in [1.82, 2.24) is 13.7 Å². The largest absolute Gasteiger partial charge is 0.384 e. The molecule has 2 aromatic heterocycles. The molecular formula is C12H18N4O3S2. The predicted octanol–water partition coefficient (Wildman–Crippen LogP) is 1.03. The number of methoxy groups -OCH3 is 1. The lowest BCUT2D eigenvalue weighted by Gasteiger charge is -2.30. The Balaban J connectivity index is 1.88. The van der Waals surface area contributed by atoms with Gasteiger partial charge in [-0.25, -0.2) is 13.4 Å². The van der Waals surface area contributed by atoms with Crippen molar-refractivity contribution in [2.45, 2.75) is 17.9 Å². The molecule has 0 amide bonds. The molecule has 1 saturated heterocycles. The molecule has 0 aromatic carbocycles. The summed E-state index contributed by atoms with van der Waals surface area (Å²) in [5.41, 5.74) is 5.81. The second-order valence-electron chi connectivity index (χ2n) is 5.16. The number of hydrogen-bond donors (Lipinski definition) is 1. The quantitative estimate of drug-likeness (QED) is 0.904. The zero-order valence-corrected chi connectivity index (χ0v) is 13.4. The topological polar surface area (TPSA) is 89.9 Å². The Morgan fingerprint density at radius 3 is 2.86 bits per heavy atom. The van der Waals surface area contributed by atoms with Crippen molar-refractivity contribution in [3.63, 3.8) is 0 Å². The zero-order valence-electron chi connectivity index (χ0n) is 11.7. The van der Waals surface area contributed by atoms with Gasteiger partial charge in [-0.1, -0.05) is 0 Å². The summed E-state index contributed by atoms with van der Waals surface area (Å²) < 4.78 is 33.8. The summed E-state index contributed by atoms with van der Waals surface area (Å²) in [6.07, 6.45) is 3.30. The van der Waals surface area contributed by atoms with Crippen LogP contribution >= 0.6 is 11.3 Å². The maximum Gasteiger partial charge on any atom is 0.262 e. The minimum absolute atomic E-state index is 0.0702. The number of sulfonamides is 1. The van der Waals surface area contributed by atoms with Crippen LogP contribution in [0.3, 0.4) is 0 Å². The van der Waals surface area contributed by atoms with Gasteiger partial charge >= 0.3 is 0 Å². The first-order chi connectivity index (χ1) is 10.0. The molecule has 21 heavy (non-hydrogen) atoms. The molecule has 116 valence electrons. The lowest BCUT2D eigenvalue weighted by Crippen LogP contribution is -2.39.